The highest BCUT2D eigenvalue weighted by molar-refractivity contribution is 9.11. The molecule has 0 aliphatic rings. The first-order chi connectivity index (χ1) is 9.99. The number of hydrogen-bond donors (Lipinski definition) is 1. The number of rotatable bonds is 4. The molecule has 2 aromatic rings. The number of amides is 1. The lowest BCUT2D eigenvalue weighted by molar-refractivity contribution is -0.111. The third-order valence-electron chi connectivity index (χ3n) is 2.91. The van der Waals surface area contributed by atoms with Crippen LogP contribution >= 0.6 is 31.9 Å². The summed E-state index contributed by atoms with van der Waals surface area (Å²) in [6, 6.07) is 5.59. The molecule has 21 heavy (non-hydrogen) atoms. The van der Waals surface area contributed by atoms with Crippen molar-refractivity contribution in [1.82, 2.24) is 9.78 Å². The molecule has 0 unspecified atom stereocenters. The number of anilines is 1. The highest BCUT2D eigenvalue weighted by Gasteiger charge is 2.05. The molecule has 1 aromatic heterocycles. The van der Waals surface area contributed by atoms with Crippen LogP contribution in [0.5, 0.6) is 0 Å². The molecule has 0 radical (unpaired) electrons. The zero-order valence-electron chi connectivity index (χ0n) is 11.7. The minimum atomic E-state index is -0.179. The van der Waals surface area contributed by atoms with Crippen molar-refractivity contribution >= 4 is 49.5 Å². The van der Waals surface area contributed by atoms with Crippen LogP contribution in [0.25, 0.3) is 6.08 Å². The van der Waals surface area contributed by atoms with E-state index in [9.17, 15) is 4.79 Å². The third kappa shape index (κ3) is 4.28. The molecule has 0 bridgehead atoms. The lowest BCUT2D eigenvalue weighted by atomic mass is 10.2. The van der Waals surface area contributed by atoms with Gasteiger partial charge in [0.05, 0.1) is 11.4 Å². The first kappa shape index (κ1) is 16.0. The fourth-order valence-electron chi connectivity index (χ4n) is 1.79. The monoisotopic (exact) mass is 411 g/mol. The van der Waals surface area contributed by atoms with Crippen molar-refractivity contribution in [2.45, 2.75) is 20.4 Å². The average Bonchev–Trinajstić information content (AvgIpc) is 2.80. The van der Waals surface area contributed by atoms with E-state index in [1.165, 1.54) is 6.08 Å². The summed E-state index contributed by atoms with van der Waals surface area (Å²) in [5.41, 5.74) is 2.58. The molecule has 0 fully saturated rings. The maximum Gasteiger partial charge on any atom is 0.248 e. The molecule has 1 heterocycles. The molecule has 0 saturated carbocycles. The summed E-state index contributed by atoms with van der Waals surface area (Å²) in [6.45, 7) is 4.76. The smallest absolute Gasteiger partial charge is 0.248 e. The zero-order chi connectivity index (χ0) is 15.4. The molecule has 110 valence electrons. The number of carbonyl (C=O) groups excluding carboxylic acids is 1. The van der Waals surface area contributed by atoms with E-state index in [1.54, 1.807) is 6.08 Å². The Morgan fingerprint density at radius 2 is 2.19 bits per heavy atom. The number of carbonyl (C=O) groups is 1. The van der Waals surface area contributed by atoms with Gasteiger partial charge in [0.1, 0.15) is 0 Å². The number of halogens is 2. The van der Waals surface area contributed by atoms with E-state index in [-0.39, 0.29) is 5.91 Å². The van der Waals surface area contributed by atoms with Gasteiger partial charge in [0.25, 0.3) is 0 Å². The van der Waals surface area contributed by atoms with Crippen molar-refractivity contribution in [2.75, 3.05) is 5.32 Å². The Labute approximate surface area is 140 Å². The van der Waals surface area contributed by atoms with E-state index >= 15 is 0 Å². The number of aryl methyl sites for hydroxylation is 2. The van der Waals surface area contributed by atoms with E-state index < -0.39 is 0 Å². The summed E-state index contributed by atoms with van der Waals surface area (Å²) in [7, 11) is 0. The van der Waals surface area contributed by atoms with Crippen LogP contribution in [-0.4, -0.2) is 15.7 Å². The minimum absolute atomic E-state index is 0.179. The van der Waals surface area contributed by atoms with Gasteiger partial charge in [0.15, 0.2) is 0 Å². The lowest BCUT2D eigenvalue weighted by Gasteiger charge is -2.05. The van der Waals surface area contributed by atoms with Gasteiger partial charge in [0, 0.05) is 33.3 Å². The molecule has 0 aliphatic carbocycles. The van der Waals surface area contributed by atoms with Gasteiger partial charge >= 0.3 is 0 Å². The number of nitrogens with one attached hydrogen (secondary N) is 1. The van der Waals surface area contributed by atoms with E-state index in [4.69, 9.17) is 0 Å². The highest BCUT2D eigenvalue weighted by Crippen LogP contribution is 2.26. The van der Waals surface area contributed by atoms with Gasteiger partial charge in [-0.3, -0.25) is 9.48 Å². The number of benzene rings is 1. The predicted octanol–water partition coefficient (Wildman–Crippen LogP) is 4.39. The van der Waals surface area contributed by atoms with Crippen LogP contribution in [0.4, 0.5) is 5.69 Å². The van der Waals surface area contributed by atoms with Crippen molar-refractivity contribution in [3.05, 3.63) is 50.7 Å². The fourth-order valence-corrected chi connectivity index (χ4v) is 2.94. The van der Waals surface area contributed by atoms with Crippen LogP contribution in [0.1, 0.15) is 18.2 Å². The molecule has 2 rings (SSSR count). The molecular weight excluding hydrogens is 398 g/mol. The summed E-state index contributed by atoms with van der Waals surface area (Å²) in [6.07, 6.45) is 5.21. The third-order valence-corrected chi connectivity index (χ3v) is 4.06. The topological polar surface area (TPSA) is 46.9 Å². The summed E-state index contributed by atoms with van der Waals surface area (Å²) < 4.78 is 3.62. The largest absolute Gasteiger partial charge is 0.321 e. The second-order valence-corrected chi connectivity index (χ2v) is 6.24. The van der Waals surface area contributed by atoms with E-state index in [2.05, 4.69) is 42.3 Å². The fraction of sp³-hybridized carbons (Fsp3) is 0.200. The summed E-state index contributed by atoms with van der Waals surface area (Å²) in [4.78, 5) is 12.0. The van der Waals surface area contributed by atoms with Gasteiger partial charge in [0.2, 0.25) is 5.91 Å². The van der Waals surface area contributed by atoms with E-state index in [0.717, 1.165) is 32.4 Å². The Morgan fingerprint density at radius 1 is 1.43 bits per heavy atom. The number of nitrogens with zero attached hydrogens (tertiary/aromatic N) is 2. The molecule has 0 spiro atoms. The second kappa shape index (κ2) is 7.04. The first-order valence-electron chi connectivity index (χ1n) is 6.47. The first-order valence-corrected chi connectivity index (χ1v) is 8.06. The van der Waals surface area contributed by atoms with Crippen LogP contribution in [0, 0.1) is 6.92 Å². The van der Waals surface area contributed by atoms with Gasteiger partial charge in [-0.25, -0.2) is 0 Å². The zero-order valence-corrected chi connectivity index (χ0v) is 14.9. The van der Waals surface area contributed by atoms with Crippen LogP contribution in [0.2, 0.25) is 0 Å². The van der Waals surface area contributed by atoms with Gasteiger partial charge in [-0.05, 0) is 54.1 Å². The molecule has 0 aliphatic heterocycles. The molecular formula is C15H15Br2N3O. The predicted molar refractivity (Wildman–Crippen MR) is 92.1 cm³/mol. The normalized spacial score (nSPS) is 11.0. The molecule has 1 amide bonds. The quantitative estimate of drug-likeness (QED) is 0.757. The standard InChI is InChI=1S/C15H15Br2N3O/c1-3-20-9-11(10(2)19-20)4-7-15(21)18-14-6-5-12(16)8-13(14)17/h4-9H,3H2,1-2H3,(H,18,21). The maximum absolute atomic E-state index is 12.0. The average molecular weight is 413 g/mol. The Balaban J connectivity index is 2.07. The molecule has 1 N–H and O–H groups in total. The van der Waals surface area contributed by atoms with Gasteiger partial charge in [-0.1, -0.05) is 15.9 Å². The Kier molecular flexibility index (Phi) is 5.36. The summed E-state index contributed by atoms with van der Waals surface area (Å²) in [5.74, 6) is -0.179. The number of hydrogen-bond acceptors (Lipinski definition) is 2. The summed E-state index contributed by atoms with van der Waals surface area (Å²) >= 11 is 6.79. The van der Waals surface area contributed by atoms with Crippen molar-refractivity contribution in [1.29, 1.82) is 0 Å². The Hall–Kier alpha value is -1.40. The molecule has 6 heteroatoms. The lowest BCUT2D eigenvalue weighted by Crippen LogP contribution is -2.08. The van der Waals surface area contributed by atoms with Gasteiger partial charge < -0.3 is 5.32 Å². The van der Waals surface area contributed by atoms with Crippen molar-refractivity contribution in [2.24, 2.45) is 0 Å². The van der Waals surface area contributed by atoms with Crippen LogP contribution in [0.3, 0.4) is 0 Å². The van der Waals surface area contributed by atoms with Gasteiger partial charge in [-0.2, -0.15) is 5.10 Å². The van der Waals surface area contributed by atoms with E-state index in [0.29, 0.717) is 0 Å². The minimum Gasteiger partial charge on any atom is -0.321 e. The van der Waals surface area contributed by atoms with Crippen LogP contribution < -0.4 is 5.32 Å². The van der Waals surface area contributed by atoms with Crippen LogP contribution in [-0.2, 0) is 11.3 Å². The number of aromatic nitrogens is 2. The van der Waals surface area contributed by atoms with Crippen LogP contribution in [0.15, 0.2) is 39.4 Å². The Bertz CT molecular complexity index is 692. The van der Waals surface area contributed by atoms with Crippen molar-refractivity contribution in [3.63, 3.8) is 0 Å². The second-order valence-electron chi connectivity index (χ2n) is 4.47. The molecule has 4 nitrogen and oxygen atoms in total. The Morgan fingerprint density at radius 3 is 2.81 bits per heavy atom. The summed E-state index contributed by atoms with van der Waals surface area (Å²) in [5, 5.41) is 7.16. The molecule has 1 aromatic carbocycles. The molecule has 0 saturated heterocycles. The van der Waals surface area contributed by atoms with E-state index in [1.807, 2.05) is 42.9 Å². The van der Waals surface area contributed by atoms with Crippen molar-refractivity contribution in [3.8, 4) is 0 Å². The maximum atomic E-state index is 12.0. The van der Waals surface area contributed by atoms with Crippen molar-refractivity contribution < 1.29 is 4.79 Å². The molecule has 0 atom stereocenters. The SMILES string of the molecule is CCn1cc(C=CC(=O)Nc2ccc(Br)cc2Br)c(C)n1. The van der Waals surface area contributed by atoms with Gasteiger partial charge in [-0.15, -0.1) is 0 Å². The highest BCUT2D eigenvalue weighted by atomic mass is 79.9.